The molecule has 136 valence electrons. The Morgan fingerprint density at radius 3 is 2.68 bits per heavy atom. The maximum absolute atomic E-state index is 12.6. The van der Waals surface area contributed by atoms with Crippen molar-refractivity contribution in [2.45, 2.75) is 52.0 Å². The predicted octanol–water partition coefficient (Wildman–Crippen LogP) is 3.68. The summed E-state index contributed by atoms with van der Waals surface area (Å²) in [6, 6.07) is 2.98. The molecule has 7 heteroatoms. The lowest BCUT2D eigenvalue weighted by atomic mass is 9.75. The predicted molar refractivity (Wildman–Crippen MR) is 94.8 cm³/mol. The molecule has 1 saturated carbocycles. The maximum atomic E-state index is 12.6. The van der Waals surface area contributed by atoms with Gasteiger partial charge in [0.05, 0.1) is 16.2 Å². The summed E-state index contributed by atoms with van der Waals surface area (Å²) in [5.41, 5.74) is 1.97. The maximum Gasteiger partial charge on any atom is 0.319 e. The summed E-state index contributed by atoms with van der Waals surface area (Å²) in [6.45, 7) is 5.00. The van der Waals surface area contributed by atoms with Crippen molar-refractivity contribution in [1.82, 2.24) is 5.32 Å². The molecular weight excluding hydrogens is 322 g/mol. The summed E-state index contributed by atoms with van der Waals surface area (Å²) in [7, 11) is 0. The molecule has 2 amide bonds. The Morgan fingerprint density at radius 1 is 1.28 bits per heavy atom. The van der Waals surface area contributed by atoms with E-state index in [-0.39, 0.29) is 23.2 Å². The fourth-order valence-corrected chi connectivity index (χ4v) is 4.27. The number of carbonyl (C=O) groups excluding carboxylic acids is 1. The summed E-state index contributed by atoms with van der Waals surface area (Å²) >= 11 is 0. The second-order valence-corrected chi connectivity index (χ2v) is 7.18. The van der Waals surface area contributed by atoms with Gasteiger partial charge in [0, 0.05) is 25.3 Å². The largest absolute Gasteiger partial charge is 0.381 e. The van der Waals surface area contributed by atoms with Crippen LogP contribution in [0, 0.1) is 29.4 Å². The van der Waals surface area contributed by atoms with Gasteiger partial charge in [-0.3, -0.25) is 10.1 Å². The number of rotatable bonds is 3. The van der Waals surface area contributed by atoms with Gasteiger partial charge in [-0.05, 0) is 50.5 Å². The highest BCUT2D eigenvalue weighted by Gasteiger charge is 2.44. The van der Waals surface area contributed by atoms with Crippen molar-refractivity contribution < 1.29 is 14.5 Å². The average molecular weight is 347 g/mol. The number of hydrogen-bond donors (Lipinski definition) is 2. The Kier molecular flexibility index (Phi) is 4.94. The van der Waals surface area contributed by atoms with E-state index in [1.54, 1.807) is 13.0 Å². The van der Waals surface area contributed by atoms with Crippen molar-refractivity contribution in [3.05, 3.63) is 33.4 Å². The van der Waals surface area contributed by atoms with Gasteiger partial charge < -0.3 is 15.4 Å². The Morgan fingerprint density at radius 2 is 2.00 bits per heavy atom. The molecule has 1 saturated heterocycles. The third-order valence-electron chi connectivity index (χ3n) is 5.78. The molecule has 1 aromatic carbocycles. The molecule has 1 aliphatic heterocycles. The Bertz CT molecular complexity index is 683. The molecule has 0 radical (unpaired) electrons. The number of carbonyl (C=O) groups is 1. The summed E-state index contributed by atoms with van der Waals surface area (Å²) in [5, 5.41) is 17.1. The number of nitro benzene ring substituents is 1. The fourth-order valence-electron chi connectivity index (χ4n) is 4.27. The molecule has 1 aliphatic carbocycles. The number of urea groups is 1. The van der Waals surface area contributed by atoms with E-state index in [9.17, 15) is 14.9 Å². The topological polar surface area (TPSA) is 93.5 Å². The molecule has 0 bridgehead atoms. The van der Waals surface area contributed by atoms with Crippen molar-refractivity contribution in [1.29, 1.82) is 0 Å². The average Bonchev–Trinajstić information content (AvgIpc) is 2.93. The van der Waals surface area contributed by atoms with Gasteiger partial charge in [0.25, 0.3) is 5.69 Å². The van der Waals surface area contributed by atoms with Crippen molar-refractivity contribution >= 4 is 17.4 Å². The lowest BCUT2D eigenvalue weighted by Gasteiger charge is -2.39. The lowest BCUT2D eigenvalue weighted by molar-refractivity contribution is -0.385. The van der Waals surface area contributed by atoms with Gasteiger partial charge in [-0.1, -0.05) is 12.5 Å². The first-order valence-electron chi connectivity index (χ1n) is 8.83. The van der Waals surface area contributed by atoms with Crippen LogP contribution in [0.25, 0.3) is 0 Å². The highest BCUT2D eigenvalue weighted by atomic mass is 16.6. The number of ether oxygens (including phenoxy) is 1. The molecule has 7 nitrogen and oxygen atoms in total. The van der Waals surface area contributed by atoms with Crippen molar-refractivity contribution in [2.75, 3.05) is 18.5 Å². The Balaban J connectivity index is 1.73. The van der Waals surface area contributed by atoms with E-state index in [2.05, 4.69) is 10.6 Å². The van der Waals surface area contributed by atoms with Crippen LogP contribution in [-0.4, -0.2) is 30.2 Å². The minimum absolute atomic E-state index is 0.0164. The van der Waals surface area contributed by atoms with Gasteiger partial charge in [-0.15, -0.1) is 0 Å². The van der Waals surface area contributed by atoms with E-state index >= 15 is 0 Å². The minimum atomic E-state index is -0.425. The van der Waals surface area contributed by atoms with E-state index in [0.717, 1.165) is 50.9 Å². The molecule has 1 unspecified atom stereocenters. The number of nitrogens with zero attached hydrogens (tertiary/aromatic N) is 1. The zero-order valence-electron chi connectivity index (χ0n) is 14.8. The zero-order valence-corrected chi connectivity index (χ0v) is 14.8. The molecule has 1 atom stereocenters. The van der Waals surface area contributed by atoms with E-state index < -0.39 is 4.92 Å². The van der Waals surface area contributed by atoms with Crippen molar-refractivity contribution in [2.24, 2.45) is 5.41 Å². The number of nitrogens with one attached hydrogen (secondary N) is 2. The molecule has 25 heavy (non-hydrogen) atoms. The highest BCUT2D eigenvalue weighted by Crippen LogP contribution is 2.46. The van der Waals surface area contributed by atoms with E-state index in [0.29, 0.717) is 11.3 Å². The number of benzene rings is 1. The molecule has 1 heterocycles. The minimum Gasteiger partial charge on any atom is -0.381 e. The third kappa shape index (κ3) is 3.46. The van der Waals surface area contributed by atoms with Crippen LogP contribution in [-0.2, 0) is 4.74 Å². The number of amides is 2. The first-order chi connectivity index (χ1) is 11.9. The molecule has 2 N–H and O–H groups in total. The molecular formula is C18H25N3O4. The summed E-state index contributed by atoms with van der Waals surface area (Å²) in [4.78, 5) is 23.2. The normalized spacial score (nSPS) is 21.9. The van der Waals surface area contributed by atoms with Crippen LogP contribution in [0.4, 0.5) is 16.2 Å². The van der Waals surface area contributed by atoms with E-state index in [4.69, 9.17) is 4.74 Å². The van der Waals surface area contributed by atoms with Crippen LogP contribution in [0.1, 0.15) is 43.2 Å². The van der Waals surface area contributed by atoms with Gasteiger partial charge in [0.1, 0.15) is 0 Å². The van der Waals surface area contributed by atoms with Crippen molar-refractivity contribution in [3.63, 3.8) is 0 Å². The molecule has 2 fully saturated rings. The number of anilines is 1. The van der Waals surface area contributed by atoms with Crippen LogP contribution < -0.4 is 10.6 Å². The van der Waals surface area contributed by atoms with Gasteiger partial charge >= 0.3 is 6.03 Å². The first-order valence-corrected chi connectivity index (χ1v) is 8.83. The van der Waals surface area contributed by atoms with Crippen molar-refractivity contribution in [3.8, 4) is 0 Å². The summed E-state index contributed by atoms with van der Waals surface area (Å²) in [6.07, 6.45) is 5.16. The quantitative estimate of drug-likeness (QED) is 0.644. The highest BCUT2D eigenvalue weighted by molar-refractivity contribution is 5.92. The second-order valence-electron chi connectivity index (χ2n) is 7.18. The van der Waals surface area contributed by atoms with Crippen LogP contribution in [0.5, 0.6) is 0 Å². The van der Waals surface area contributed by atoms with Gasteiger partial charge in [-0.25, -0.2) is 4.79 Å². The summed E-state index contributed by atoms with van der Waals surface area (Å²) < 4.78 is 5.48. The van der Waals surface area contributed by atoms with Crippen LogP contribution in [0.3, 0.4) is 0 Å². The van der Waals surface area contributed by atoms with Crippen LogP contribution in [0.2, 0.25) is 0 Å². The van der Waals surface area contributed by atoms with Crippen LogP contribution in [0.15, 0.2) is 12.1 Å². The van der Waals surface area contributed by atoms with Gasteiger partial charge in [-0.2, -0.15) is 0 Å². The van der Waals surface area contributed by atoms with Gasteiger partial charge in [0.2, 0.25) is 0 Å². The second kappa shape index (κ2) is 7.00. The number of nitro groups is 1. The summed E-state index contributed by atoms with van der Waals surface area (Å²) in [5.74, 6) is 0. The van der Waals surface area contributed by atoms with Gasteiger partial charge in [0.15, 0.2) is 0 Å². The molecule has 1 aromatic rings. The lowest BCUT2D eigenvalue weighted by Crippen LogP contribution is -2.48. The van der Waals surface area contributed by atoms with Crippen LogP contribution >= 0.6 is 0 Å². The van der Waals surface area contributed by atoms with E-state index in [1.165, 1.54) is 6.07 Å². The monoisotopic (exact) mass is 347 g/mol. The number of aryl methyl sites for hydroxylation is 1. The molecule has 1 spiro atoms. The number of hydrogen-bond acceptors (Lipinski definition) is 4. The SMILES string of the molecule is Cc1ccc([N+](=O)[O-])c(C)c1NC(=O)NC1CCCC12CCOCC2. The Labute approximate surface area is 147 Å². The third-order valence-corrected chi connectivity index (χ3v) is 5.78. The zero-order chi connectivity index (χ0) is 18.0. The smallest absolute Gasteiger partial charge is 0.319 e. The molecule has 2 aliphatic rings. The molecule has 0 aromatic heterocycles. The standard InChI is InChI=1S/C18H25N3O4/c1-12-5-6-14(21(23)24)13(2)16(12)20-17(22)19-15-4-3-7-18(15)8-10-25-11-9-18/h5-6,15H,3-4,7-11H2,1-2H3,(H2,19,20,22). The van der Waals surface area contributed by atoms with E-state index in [1.807, 2.05) is 6.92 Å². The Hall–Kier alpha value is -2.15. The first kappa shape index (κ1) is 17.7. The molecule has 3 rings (SSSR count). The fraction of sp³-hybridized carbons (Fsp3) is 0.611.